The molecule has 25 heavy (non-hydrogen) atoms. The van der Waals surface area contributed by atoms with Gasteiger partial charge in [-0.3, -0.25) is 4.79 Å². The van der Waals surface area contributed by atoms with Crippen LogP contribution in [0, 0.1) is 0 Å². The number of aromatic nitrogens is 4. The molecule has 1 aromatic carbocycles. The molecule has 0 aliphatic heterocycles. The van der Waals surface area contributed by atoms with Gasteiger partial charge in [0, 0.05) is 47.5 Å². The molecule has 1 amide bonds. The summed E-state index contributed by atoms with van der Waals surface area (Å²) in [7, 11) is 0. The lowest BCUT2D eigenvalue weighted by atomic mass is 10.1. The van der Waals surface area contributed by atoms with Crippen LogP contribution in [0.4, 0.5) is 0 Å². The smallest absolute Gasteiger partial charge is 0.270 e. The molecule has 124 valence electrons. The van der Waals surface area contributed by atoms with Crippen LogP contribution in [-0.4, -0.2) is 32.4 Å². The summed E-state index contributed by atoms with van der Waals surface area (Å²) in [5.74, 6) is -0.179. The highest BCUT2D eigenvalue weighted by Crippen LogP contribution is 2.24. The summed E-state index contributed by atoms with van der Waals surface area (Å²) in [4.78, 5) is 27.4. The summed E-state index contributed by atoms with van der Waals surface area (Å²) >= 11 is 0. The highest BCUT2D eigenvalue weighted by molar-refractivity contribution is 6.05. The minimum Gasteiger partial charge on any atom is -0.361 e. The number of hydrogen-bond donors (Lipinski definition) is 3. The third-order valence-corrected chi connectivity index (χ3v) is 4.07. The van der Waals surface area contributed by atoms with E-state index < -0.39 is 0 Å². The molecule has 0 saturated carbocycles. The number of H-pyrrole nitrogens is 2. The Morgan fingerprint density at radius 1 is 1.12 bits per heavy atom. The first kappa shape index (κ1) is 15.1. The van der Waals surface area contributed by atoms with Crippen LogP contribution >= 0.6 is 0 Å². The van der Waals surface area contributed by atoms with Gasteiger partial charge in [0.1, 0.15) is 5.69 Å². The van der Waals surface area contributed by atoms with Crippen molar-refractivity contribution in [3.8, 4) is 11.3 Å². The Morgan fingerprint density at radius 3 is 2.80 bits per heavy atom. The monoisotopic (exact) mass is 331 g/mol. The van der Waals surface area contributed by atoms with Crippen molar-refractivity contribution < 1.29 is 4.79 Å². The molecule has 0 aliphatic carbocycles. The normalized spacial score (nSPS) is 10.9. The lowest BCUT2D eigenvalue weighted by Gasteiger charge is -2.08. The highest BCUT2D eigenvalue weighted by atomic mass is 16.1. The average molecular weight is 331 g/mol. The van der Waals surface area contributed by atoms with Gasteiger partial charge in [-0.15, -0.1) is 0 Å². The third kappa shape index (κ3) is 3.14. The molecule has 6 heteroatoms. The van der Waals surface area contributed by atoms with Gasteiger partial charge in [0.2, 0.25) is 0 Å². The van der Waals surface area contributed by atoms with Crippen LogP contribution in [-0.2, 0) is 6.42 Å². The zero-order chi connectivity index (χ0) is 17.1. The zero-order valence-electron chi connectivity index (χ0n) is 13.5. The Labute approximate surface area is 144 Å². The van der Waals surface area contributed by atoms with Crippen LogP contribution in [0.25, 0.3) is 22.2 Å². The summed E-state index contributed by atoms with van der Waals surface area (Å²) in [6, 6.07) is 13.7. The molecular weight excluding hydrogens is 314 g/mol. The summed E-state index contributed by atoms with van der Waals surface area (Å²) in [6.45, 7) is 0.518. The second-order valence-electron chi connectivity index (χ2n) is 5.74. The molecular formula is C19H17N5O. The van der Waals surface area contributed by atoms with Crippen molar-refractivity contribution in [3.63, 3.8) is 0 Å². The van der Waals surface area contributed by atoms with Gasteiger partial charge in [0.15, 0.2) is 0 Å². The molecule has 3 aromatic heterocycles. The van der Waals surface area contributed by atoms with Gasteiger partial charge in [0.05, 0.1) is 12.0 Å². The van der Waals surface area contributed by atoms with Crippen molar-refractivity contribution in [2.75, 3.05) is 6.54 Å². The maximum absolute atomic E-state index is 12.7. The number of nitrogens with one attached hydrogen (secondary N) is 3. The topological polar surface area (TPSA) is 86.5 Å². The predicted molar refractivity (Wildman–Crippen MR) is 96.2 cm³/mol. The molecule has 0 fully saturated rings. The fourth-order valence-corrected chi connectivity index (χ4v) is 2.80. The Morgan fingerprint density at radius 2 is 2.00 bits per heavy atom. The number of hydrogen-bond acceptors (Lipinski definition) is 3. The zero-order valence-corrected chi connectivity index (χ0v) is 13.5. The molecule has 0 spiro atoms. The molecule has 3 heterocycles. The van der Waals surface area contributed by atoms with Crippen molar-refractivity contribution in [1.82, 2.24) is 25.3 Å². The molecule has 4 rings (SSSR count). The van der Waals surface area contributed by atoms with E-state index in [4.69, 9.17) is 0 Å². The van der Waals surface area contributed by atoms with E-state index >= 15 is 0 Å². The number of amides is 1. The molecule has 0 saturated heterocycles. The van der Waals surface area contributed by atoms with E-state index in [1.165, 1.54) is 0 Å². The number of nitrogens with zero attached hydrogens (tertiary/aromatic N) is 2. The molecule has 3 N–H and O–H groups in total. The SMILES string of the molecule is O=C(NCCc1cnc[nH]1)c1nc(-c2ccccc2)cc2[nH]ccc12. The molecule has 4 aromatic rings. The lowest BCUT2D eigenvalue weighted by Crippen LogP contribution is -2.27. The van der Waals surface area contributed by atoms with Crippen LogP contribution in [0.3, 0.4) is 0 Å². The maximum atomic E-state index is 12.7. The van der Waals surface area contributed by atoms with Gasteiger partial charge in [0.25, 0.3) is 5.91 Å². The molecule has 0 aliphatic rings. The molecule has 0 bridgehead atoms. The van der Waals surface area contributed by atoms with Crippen molar-refractivity contribution in [2.45, 2.75) is 6.42 Å². The maximum Gasteiger partial charge on any atom is 0.270 e. The fraction of sp³-hybridized carbons (Fsp3) is 0.105. The number of aromatic amines is 2. The first-order valence-corrected chi connectivity index (χ1v) is 8.10. The summed E-state index contributed by atoms with van der Waals surface area (Å²) < 4.78 is 0. The van der Waals surface area contributed by atoms with E-state index in [-0.39, 0.29) is 5.91 Å². The van der Waals surface area contributed by atoms with E-state index in [2.05, 4.69) is 25.3 Å². The molecule has 0 atom stereocenters. The number of pyridine rings is 1. The second-order valence-corrected chi connectivity index (χ2v) is 5.74. The van der Waals surface area contributed by atoms with Gasteiger partial charge >= 0.3 is 0 Å². The summed E-state index contributed by atoms with van der Waals surface area (Å²) in [5.41, 5.74) is 4.06. The predicted octanol–water partition coefficient (Wildman–Crippen LogP) is 2.93. The van der Waals surface area contributed by atoms with Gasteiger partial charge < -0.3 is 15.3 Å². The number of carbonyl (C=O) groups excluding carboxylic acids is 1. The molecule has 0 radical (unpaired) electrons. The second kappa shape index (κ2) is 6.60. The van der Waals surface area contributed by atoms with Crippen molar-refractivity contribution in [1.29, 1.82) is 0 Å². The lowest BCUT2D eigenvalue weighted by molar-refractivity contribution is 0.0951. The standard InChI is InChI=1S/C19H17N5O/c25-19(22-8-6-14-11-20-12-23-14)18-15-7-9-21-17(15)10-16(24-18)13-4-2-1-3-5-13/h1-5,7,9-12,21H,6,8H2,(H,20,23)(H,22,25). The minimum atomic E-state index is -0.179. The van der Waals surface area contributed by atoms with Crippen molar-refractivity contribution in [3.05, 3.63) is 72.6 Å². The fourth-order valence-electron chi connectivity index (χ4n) is 2.80. The Bertz CT molecular complexity index is 989. The first-order chi connectivity index (χ1) is 12.3. The molecule has 6 nitrogen and oxygen atoms in total. The van der Waals surface area contributed by atoms with Crippen LogP contribution in [0.1, 0.15) is 16.2 Å². The van der Waals surface area contributed by atoms with E-state index in [9.17, 15) is 4.79 Å². The van der Waals surface area contributed by atoms with E-state index in [1.54, 1.807) is 12.5 Å². The number of imidazole rings is 1. The number of rotatable bonds is 5. The van der Waals surface area contributed by atoms with Gasteiger partial charge in [-0.2, -0.15) is 0 Å². The van der Waals surface area contributed by atoms with Crippen LogP contribution in [0.2, 0.25) is 0 Å². The summed E-state index contributed by atoms with van der Waals surface area (Å²) in [6.07, 6.45) is 5.90. The van der Waals surface area contributed by atoms with Crippen LogP contribution in [0.5, 0.6) is 0 Å². The number of benzene rings is 1. The number of carbonyl (C=O) groups is 1. The van der Waals surface area contributed by atoms with Crippen molar-refractivity contribution >= 4 is 16.8 Å². The van der Waals surface area contributed by atoms with Gasteiger partial charge in [-0.25, -0.2) is 9.97 Å². The highest BCUT2D eigenvalue weighted by Gasteiger charge is 2.15. The molecule has 0 unspecified atom stereocenters. The van der Waals surface area contributed by atoms with E-state index in [1.807, 2.05) is 48.7 Å². The van der Waals surface area contributed by atoms with E-state index in [0.29, 0.717) is 18.7 Å². The first-order valence-electron chi connectivity index (χ1n) is 8.10. The number of fused-ring (bicyclic) bond motifs is 1. The minimum absolute atomic E-state index is 0.179. The van der Waals surface area contributed by atoms with Gasteiger partial charge in [-0.05, 0) is 12.1 Å². The average Bonchev–Trinajstić information content (AvgIpc) is 3.33. The van der Waals surface area contributed by atoms with Crippen LogP contribution < -0.4 is 5.32 Å². The third-order valence-electron chi connectivity index (χ3n) is 4.07. The van der Waals surface area contributed by atoms with Gasteiger partial charge in [-0.1, -0.05) is 30.3 Å². The Hall–Kier alpha value is -3.41. The summed E-state index contributed by atoms with van der Waals surface area (Å²) in [5, 5.41) is 3.75. The van der Waals surface area contributed by atoms with Crippen molar-refractivity contribution in [2.24, 2.45) is 0 Å². The quantitative estimate of drug-likeness (QED) is 0.525. The van der Waals surface area contributed by atoms with Crippen LogP contribution in [0.15, 0.2) is 61.2 Å². The largest absolute Gasteiger partial charge is 0.361 e. The Balaban J connectivity index is 1.61. The Kier molecular flexibility index (Phi) is 4.00. The van der Waals surface area contributed by atoms with E-state index in [0.717, 1.165) is 27.9 Å².